The predicted octanol–water partition coefficient (Wildman–Crippen LogP) is 3.66. The van der Waals surface area contributed by atoms with Gasteiger partial charge in [0, 0.05) is 17.9 Å². The SMILES string of the molecule is Cc1ccc(-c2nc3ccccc3[nH]2)cc1NC(=O)[C@@H]1CCCO1. The molecule has 2 aromatic carbocycles. The van der Waals surface area contributed by atoms with Crippen molar-refractivity contribution in [3.05, 3.63) is 48.0 Å². The van der Waals surface area contributed by atoms with Crippen LogP contribution in [0, 0.1) is 6.92 Å². The largest absolute Gasteiger partial charge is 0.368 e. The van der Waals surface area contributed by atoms with Gasteiger partial charge in [-0.3, -0.25) is 4.79 Å². The number of H-pyrrole nitrogens is 1. The number of nitrogens with one attached hydrogen (secondary N) is 2. The molecule has 0 spiro atoms. The maximum absolute atomic E-state index is 12.3. The number of aromatic amines is 1. The van der Waals surface area contributed by atoms with Crippen molar-refractivity contribution in [3.63, 3.8) is 0 Å². The first-order valence-corrected chi connectivity index (χ1v) is 8.19. The number of benzene rings is 2. The fourth-order valence-electron chi connectivity index (χ4n) is 2.99. The number of imidazole rings is 1. The molecule has 5 heteroatoms. The molecule has 2 N–H and O–H groups in total. The maximum atomic E-state index is 12.3. The van der Waals surface area contributed by atoms with E-state index in [1.165, 1.54) is 0 Å². The molecule has 1 amide bonds. The van der Waals surface area contributed by atoms with Gasteiger partial charge in [-0.1, -0.05) is 24.3 Å². The number of carbonyl (C=O) groups is 1. The van der Waals surface area contributed by atoms with Crippen LogP contribution in [0.3, 0.4) is 0 Å². The van der Waals surface area contributed by atoms with E-state index in [4.69, 9.17) is 4.74 Å². The highest BCUT2D eigenvalue weighted by molar-refractivity contribution is 5.95. The molecule has 2 heterocycles. The lowest BCUT2D eigenvalue weighted by Gasteiger charge is -2.13. The van der Waals surface area contributed by atoms with Gasteiger partial charge in [-0.15, -0.1) is 0 Å². The molecular formula is C19H19N3O2. The zero-order chi connectivity index (χ0) is 16.5. The van der Waals surface area contributed by atoms with Crippen LogP contribution in [0.15, 0.2) is 42.5 Å². The third kappa shape index (κ3) is 2.78. The highest BCUT2D eigenvalue weighted by Gasteiger charge is 2.24. The monoisotopic (exact) mass is 321 g/mol. The fourth-order valence-corrected chi connectivity index (χ4v) is 2.99. The van der Waals surface area contributed by atoms with Crippen LogP contribution in [-0.2, 0) is 9.53 Å². The van der Waals surface area contributed by atoms with Crippen LogP contribution in [0.2, 0.25) is 0 Å². The van der Waals surface area contributed by atoms with Crippen LogP contribution in [0.25, 0.3) is 22.4 Å². The molecule has 3 aromatic rings. The fraction of sp³-hybridized carbons (Fsp3) is 0.263. The first kappa shape index (κ1) is 14.9. The van der Waals surface area contributed by atoms with Crippen LogP contribution in [0.5, 0.6) is 0 Å². The minimum absolute atomic E-state index is 0.0719. The quantitative estimate of drug-likeness (QED) is 0.773. The molecule has 0 bridgehead atoms. The third-order valence-corrected chi connectivity index (χ3v) is 4.38. The van der Waals surface area contributed by atoms with Gasteiger partial charge in [0.05, 0.1) is 11.0 Å². The van der Waals surface area contributed by atoms with E-state index in [1.54, 1.807) is 0 Å². The zero-order valence-corrected chi connectivity index (χ0v) is 13.5. The Bertz CT molecular complexity index is 862. The van der Waals surface area contributed by atoms with Crippen molar-refractivity contribution in [1.29, 1.82) is 0 Å². The second-order valence-electron chi connectivity index (χ2n) is 6.12. The van der Waals surface area contributed by atoms with Crippen LogP contribution >= 0.6 is 0 Å². The van der Waals surface area contributed by atoms with E-state index in [9.17, 15) is 4.79 Å². The standard InChI is InChI=1S/C19H19N3O2/c1-12-8-9-13(18-20-14-5-2-3-6-15(14)21-18)11-16(12)22-19(23)17-7-4-10-24-17/h2-3,5-6,8-9,11,17H,4,7,10H2,1H3,(H,20,21)(H,22,23)/t17-/m0/s1. The smallest absolute Gasteiger partial charge is 0.253 e. The number of hydrogen-bond donors (Lipinski definition) is 2. The Labute approximate surface area is 140 Å². The summed E-state index contributed by atoms with van der Waals surface area (Å²) in [5, 5.41) is 2.99. The summed E-state index contributed by atoms with van der Waals surface area (Å²) in [6.45, 7) is 2.64. The van der Waals surface area contributed by atoms with E-state index in [2.05, 4.69) is 15.3 Å². The van der Waals surface area contributed by atoms with Crippen molar-refractivity contribution < 1.29 is 9.53 Å². The van der Waals surface area contributed by atoms with E-state index in [1.807, 2.05) is 49.4 Å². The summed E-state index contributed by atoms with van der Waals surface area (Å²) in [5.41, 5.74) is 4.69. The number of rotatable bonds is 3. The number of para-hydroxylation sites is 2. The first-order chi connectivity index (χ1) is 11.7. The molecule has 0 radical (unpaired) electrons. The van der Waals surface area contributed by atoms with Gasteiger partial charge in [-0.25, -0.2) is 4.98 Å². The van der Waals surface area contributed by atoms with Crippen LogP contribution in [0.4, 0.5) is 5.69 Å². The topological polar surface area (TPSA) is 67.0 Å². The van der Waals surface area contributed by atoms with Gasteiger partial charge in [0.1, 0.15) is 11.9 Å². The number of aryl methyl sites for hydroxylation is 1. The lowest BCUT2D eigenvalue weighted by atomic mass is 10.1. The number of nitrogens with zero attached hydrogens (tertiary/aromatic N) is 1. The van der Waals surface area contributed by atoms with Crippen LogP contribution < -0.4 is 5.32 Å². The number of hydrogen-bond acceptors (Lipinski definition) is 3. The molecule has 24 heavy (non-hydrogen) atoms. The van der Waals surface area contributed by atoms with Gasteiger partial charge >= 0.3 is 0 Å². The number of amides is 1. The van der Waals surface area contributed by atoms with Crippen molar-refractivity contribution in [2.75, 3.05) is 11.9 Å². The summed E-state index contributed by atoms with van der Waals surface area (Å²) >= 11 is 0. The molecule has 1 fully saturated rings. The van der Waals surface area contributed by atoms with Gasteiger partial charge in [0.2, 0.25) is 0 Å². The normalized spacial score (nSPS) is 17.3. The molecule has 4 rings (SSSR count). The minimum atomic E-state index is -0.334. The van der Waals surface area contributed by atoms with Gasteiger partial charge in [0.15, 0.2) is 0 Å². The summed E-state index contributed by atoms with van der Waals surface area (Å²) in [4.78, 5) is 20.2. The summed E-state index contributed by atoms with van der Waals surface area (Å²) in [5.74, 6) is 0.723. The molecule has 1 saturated heterocycles. The second-order valence-corrected chi connectivity index (χ2v) is 6.12. The Hall–Kier alpha value is -2.66. The third-order valence-electron chi connectivity index (χ3n) is 4.38. The molecule has 0 saturated carbocycles. The van der Waals surface area contributed by atoms with Crippen LogP contribution in [0.1, 0.15) is 18.4 Å². The molecule has 1 aliphatic heterocycles. The molecule has 0 aliphatic carbocycles. The molecule has 0 unspecified atom stereocenters. The number of anilines is 1. The Balaban J connectivity index is 1.64. The minimum Gasteiger partial charge on any atom is -0.368 e. The highest BCUT2D eigenvalue weighted by atomic mass is 16.5. The van der Waals surface area contributed by atoms with Gasteiger partial charge in [0.25, 0.3) is 5.91 Å². The van der Waals surface area contributed by atoms with E-state index in [0.717, 1.165) is 46.5 Å². The summed E-state index contributed by atoms with van der Waals surface area (Å²) in [6, 6.07) is 13.9. The predicted molar refractivity (Wildman–Crippen MR) is 93.9 cm³/mol. The van der Waals surface area contributed by atoms with Crippen molar-refractivity contribution in [2.24, 2.45) is 0 Å². The number of carbonyl (C=O) groups excluding carboxylic acids is 1. The van der Waals surface area contributed by atoms with Crippen molar-refractivity contribution in [1.82, 2.24) is 9.97 Å². The molecule has 1 aliphatic rings. The van der Waals surface area contributed by atoms with E-state index in [-0.39, 0.29) is 12.0 Å². The molecule has 5 nitrogen and oxygen atoms in total. The van der Waals surface area contributed by atoms with Crippen LogP contribution in [-0.4, -0.2) is 28.6 Å². The molecular weight excluding hydrogens is 302 g/mol. The van der Waals surface area contributed by atoms with Crippen molar-refractivity contribution in [2.45, 2.75) is 25.9 Å². The van der Waals surface area contributed by atoms with E-state index in [0.29, 0.717) is 6.61 Å². The van der Waals surface area contributed by atoms with Gasteiger partial charge < -0.3 is 15.0 Å². The van der Waals surface area contributed by atoms with Gasteiger partial charge in [-0.2, -0.15) is 0 Å². The second kappa shape index (κ2) is 6.09. The average Bonchev–Trinajstić information content (AvgIpc) is 3.26. The lowest BCUT2D eigenvalue weighted by molar-refractivity contribution is -0.124. The summed E-state index contributed by atoms with van der Waals surface area (Å²) in [7, 11) is 0. The lowest BCUT2D eigenvalue weighted by Crippen LogP contribution is -2.27. The Morgan fingerprint density at radius 1 is 1.29 bits per heavy atom. The Kier molecular flexibility index (Phi) is 3.78. The number of aromatic nitrogens is 2. The van der Waals surface area contributed by atoms with E-state index >= 15 is 0 Å². The van der Waals surface area contributed by atoms with E-state index < -0.39 is 0 Å². The molecule has 122 valence electrons. The number of ether oxygens (including phenoxy) is 1. The Morgan fingerprint density at radius 3 is 2.96 bits per heavy atom. The van der Waals surface area contributed by atoms with Crippen molar-refractivity contribution >= 4 is 22.6 Å². The first-order valence-electron chi connectivity index (χ1n) is 8.19. The maximum Gasteiger partial charge on any atom is 0.253 e. The summed E-state index contributed by atoms with van der Waals surface area (Å²) < 4.78 is 5.45. The summed E-state index contributed by atoms with van der Waals surface area (Å²) in [6.07, 6.45) is 1.39. The number of fused-ring (bicyclic) bond motifs is 1. The average molecular weight is 321 g/mol. The van der Waals surface area contributed by atoms with Crippen molar-refractivity contribution in [3.8, 4) is 11.4 Å². The highest BCUT2D eigenvalue weighted by Crippen LogP contribution is 2.26. The van der Waals surface area contributed by atoms with Gasteiger partial charge in [-0.05, 0) is 43.5 Å². The zero-order valence-electron chi connectivity index (χ0n) is 13.5. The molecule has 1 aromatic heterocycles. The Morgan fingerprint density at radius 2 is 2.17 bits per heavy atom. The molecule has 1 atom stereocenters.